The van der Waals surface area contributed by atoms with E-state index in [4.69, 9.17) is 0 Å². The SMILES string of the molecule is CNCCCNC(=O)c1c(F)ccc(C)c1F. The molecule has 1 aromatic carbocycles. The molecule has 0 bridgehead atoms. The van der Waals surface area contributed by atoms with E-state index in [1.165, 1.54) is 13.0 Å². The van der Waals surface area contributed by atoms with Gasteiger partial charge < -0.3 is 10.6 Å². The molecule has 1 aromatic rings. The van der Waals surface area contributed by atoms with Crippen molar-refractivity contribution in [3.05, 3.63) is 34.9 Å². The maximum absolute atomic E-state index is 13.6. The van der Waals surface area contributed by atoms with Gasteiger partial charge in [0.1, 0.15) is 17.2 Å². The highest BCUT2D eigenvalue weighted by molar-refractivity contribution is 5.94. The minimum absolute atomic E-state index is 0.256. The zero-order chi connectivity index (χ0) is 12.8. The smallest absolute Gasteiger partial charge is 0.257 e. The first-order valence-corrected chi connectivity index (χ1v) is 5.45. The number of carbonyl (C=O) groups is 1. The highest BCUT2D eigenvalue weighted by Gasteiger charge is 2.18. The molecular weight excluding hydrogens is 226 g/mol. The van der Waals surface area contributed by atoms with Crippen LogP contribution >= 0.6 is 0 Å². The third kappa shape index (κ3) is 3.49. The van der Waals surface area contributed by atoms with Crippen molar-refractivity contribution in [2.24, 2.45) is 0 Å². The van der Waals surface area contributed by atoms with Crippen molar-refractivity contribution >= 4 is 5.91 Å². The van der Waals surface area contributed by atoms with Crippen LogP contribution in [0.2, 0.25) is 0 Å². The topological polar surface area (TPSA) is 41.1 Å². The maximum atomic E-state index is 13.6. The lowest BCUT2D eigenvalue weighted by molar-refractivity contribution is 0.0944. The van der Waals surface area contributed by atoms with E-state index in [1.54, 1.807) is 7.05 Å². The Morgan fingerprint density at radius 3 is 2.65 bits per heavy atom. The predicted octanol–water partition coefficient (Wildman–Crippen LogP) is 1.61. The Bertz CT molecular complexity index is 408. The van der Waals surface area contributed by atoms with E-state index in [2.05, 4.69) is 10.6 Å². The zero-order valence-corrected chi connectivity index (χ0v) is 9.94. The van der Waals surface area contributed by atoms with Crippen LogP contribution in [0.5, 0.6) is 0 Å². The van der Waals surface area contributed by atoms with Gasteiger partial charge >= 0.3 is 0 Å². The van der Waals surface area contributed by atoms with Gasteiger partial charge in [0.25, 0.3) is 5.91 Å². The van der Waals surface area contributed by atoms with E-state index in [9.17, 15) is 13.6 Å². The standard InChI is InChI=1S/C12H16F2N2O/c1-8-4-5-9(13)10(11(8)14)12(17)16-7-3-6-15-2/h4-5,15H,3,6-7H2,1-2H3,(H,16,17). The average molecular weight is 242 g/mol. The third-order valence-electron chi connectivity index (χ3n) is 2.40. The van der Waals surface area contributed by atoms with Gasteiger partial charge in [0.2, 0.25) is 0 Å². The van der Waals surface area contributed by atoms with Crippen LogP contribution in [0.1, 0.15) is 22.3 Å². The summed E-state index contributed by atoms with van der Waals surface area (Å²) in [6.07, 6.45) is 0.706. The fourth-order valence-corrected chi connectivity index (χ4v) is 1.42. The van der Waals surface area contributed by atoms with E-state index in [1.807, 2.05) is 0 Å². The molecule has 0 atom stereocenters. The lowest BCUT2D eigenvalue weighted by atomic mass is 10.1. The van der Waals surface area contributed by atoms with Crippen LogP contribution in [0, 0.1) is 18.6 Å². The molecular formula is C12H16F2N2O. The minimum Gasteiger partial charge on any atom is -0.352 e. The van der Waals surface area contributed by atoms with E-state index < -0.39 is 23.1 Å². The first kappa shape index (κ1) is 13.6. The second-order valence-electron chi connectivity index (χ2n) is 3.77. The Kier molecular flexibility index (Phi) is 5.03. The summed E-state index contributed by atoms with van der Waals surface area (Å²) in [5, 5.41) is 5.40. The molecule has 0 fully saturated rings. The van der Waals surface area contributed by atoms with Crippen molar-refractivity contribution < 1.29 is 13.6 Å². The Hall–Kier alpha value is -1.49. The predicted molar refractivity (Wildman–Crippen MR) is 62.0 cm³/mol. The number of nitrogens with one attached hydrogen (secondary N) is 2. The molecule has 0 aromatic heterocycles. The van der Waals surface area contributed by atoms with E-state index >= 15 is 0 Å². The number of hydrogen-bond acceptors (Lipinski definition) is 2. The van der Waals surface area contributed by atoms with Gasteiger partial charge in [-0.05, 0) is 38.6 Å². The maximum Gasteiger partial charge on any atom is 0.257 e. The number of rotatable bonds is 5. The summed E-state index contributed by atoms with van der Waals surface area (Å²) < 4.78 is 26.9. The van der Waals surface area contributed by atoms with Crippen LogP contribution in [-0.4, -0.2) is 26.0 Å². The molecule has 0 aliphatic rings. The second-order valence-corrected chi connectivity index (χ2v) is 3.77. The molecule has 0 unspecified atom stereocenters. The van der Waals surface area contributed by atoms with Crippen LogP contribution in [0.3, 0.4) is 0 Å². The Morgan fingerprint density at radius 2 is 2.00 bits per heavy atom. The number of aryl methyl sites for hydroxylation is 1. The van der Waals surface area contributed by atoms with E-state index in [0.717, 1.165) is 12.6 Å². The van der Waals surface area contributed by atoms with Crippen LogP contribution in [0.15, 0.2) is 12.1 Å². The number of benzene rings is 1. The van der Waals surface area contributed by atoms with Gasteiger partial charge in [-0.15, -0.1) is 0 Å². The van der Waals surface area contributed by atoms with Gasteiger partial charge in [-0.1, -0.05) is 6.07 Å². The van der Waals surface area contributed by atoms with Gasteiger partial charge in [0.05, 0.1) is 0 Å². The largest absolute Gasteiger partial charge is 0.352 e. The first-order chi connectivity index (χ1) is 8.07. The zero-order valence-electron chi connectivity index (χ0n) is 9.94. The molecule has 17 heavy (non-hydrogen) atoms. The number of halogens is 2. The summed E-state index contributed by atoms with van der Waals surface area (Å²) in [7, 11) is 1.79. The molecule has 0 aliphatic heterocycles. The Labute approximate surface area is 99.2 Å². The summed E-state index contributed by atoms with van der Waals surface area (Å²) in [4.78, 5) is 11.6. The monoisotopic (exact) mass is 242 g/mol. The number of amides is 1. The molecule has 1 rings (SSSR count). The average Bonchev–Trinajstić information content (AvgIpc) is 2.30. The van der Waals surface area contributed by atoms with Gasteiger partial charge in [0.15, 0.2) is 0 Å². The Balaban J connectivity index is 2.72. The summed E-state index contributed by atoms with van der Waals surface area (Å²) >= 11 is 0. The van der Waals surface area contributed by atoms with E-state index in [-0.39, 0.29) is 5.56 Å². The van der Waals surface area contributed by atoms with Crippen LogP contribution in [-0.2, 0) is 0 Å². The molecule has 94 valence electrons. The molecule has 0 saturated carbocycles. The van der Waals surface area contributed by atoms with Crippen LogP contribution in [0.4, 0.5) is 8.78 Å². The van der Waals surface area contributed by atoms with Crippen LogP contribution < -0.4 is 10.6 Å². The molecule has 0 spiro atoms. The molecule has 0 aliphatic carbocycles. The molecule has 2 N–H and O–H groups in total. The summed E-state index contributed by atoms with van der Waals surface area (Å²) in [6, 6.07) is 2.41. The highest BCUT2D eigenvalue weighted by atomic mass is 19.1. The van der Waals surface area contributed by atoms with Crippen LogP contribution in [0.25, 0.3) is 0 Å². The van der Waals surface area contributed by atoms with Crippen molar-refractivity contribution in [2.75, 3.05) is 20.1 Å². The normalized spacial score (nSPS) is 10.4. The quantitative estimate of drug-likeness (QED) is 0.770. The first-order valence-electron chi connectivity index (χ1n) is 5.45. The van der Waals surface area contributed by atoms with Gasteiger partial charge in [-0.2, -0.15) is 0 Å². The van der Waals surface area contributed by atoms with Gasteiger partial charge in [0, 0.05) is 6.54 Å². The van der Waals surface area contributed by atoms with Gasteiger partial charge in [-0.25, -0.2) is 8.78 Å². The highest BCUT2D eigenvalue weighted by Crippen LogP contribution is 2.15. The fraction of sp³-hybridized carbons (Fsp3) is 0.417. The van der Waals surface area contributed by atoms with Crippen molar-refractivity contribution in [3.8, 4) is 0 Å². The van der Waals surface area contributed by atoms with Crippen molar-refractivity contribution in [2.45, 2.75) is 13.3 Å². The number of carbonyl (C=O) groups excluding carboxylic acids is 1. The fourth-order valence-electron chi connectivity index (χ4n) is 1.42. The molecule has 0 saturated heterocycles. The molecule has 0 radical (unpaired) electrons. The summed E-state index contributed by atoms with van der Waals surface area (Å²) in [5.74, 6) is -2.34. The second kappa shape index (κ2) is 6.30. The summed E-state index contributed by atoms with van der Waals surface area (Å²) in [6.45, 7) is 2.61. The lowest BCUT2D eigenvalue weighted by Crippen LogP contribution is -2.28. The lowest BCUT2D eigenvalue weighted by Gasteiger charge is -2.08. The van der Waals surface area contributed by atoms with Gasteiger partial charge in [-0.3, -0.25) is 4.79 Å². The molecule has 0 heterocycles. The molecule has 5 heteroatoms. The molecule has 3 nitrogen and oxygen atoms in total. The molecule has 1 amide bonds. The van der Waals surface area contributed by atoms with E-state index in [0.29, 0.717) is 13.0 Å². The Morgan fingerprint density at radius 1 is 1.29 bits per heavy atom. The summed E-state index contributed by atoms with van der Waals surface area (Å²) in [5.41, 5.74) is -0.249. The van der Waals surface area contributed by atoms with Crippen molar-refractivity contribution in [3.63, 3.8) is 0 Å². The third-order valence-corrected chi connectivity index (χ3v) is 2.40. The van der Waals surface area contributed by atoms with Crippen molar-refractivity contribution in [1.29, 1.82) is 0 Å². The minimum atomic E-state index is -0.834. The number of hydrogen-bond donors (Lipinski definition) is 2. The van der Waals surface area contributed by atoms with Crippen molar-refractivity contribution in [1.82, 2.24) is 10.6 Å².